The van der Waals surface area contributed by atoms with Gasteiger partial charge < -0.3 is 10.4 Å². The van der Waals surface area contributed by atoms with Crippen LogP contribution in [0.25, 0.3) is 0 Å². The molecule has 0 radical (unpaired) electrons. The van der Waals surface area contributed by atoms with Gasteiger partial charge in [-0.25, -0.2) is 0 Å². The van der Waals surface area contributed by atoms with Crippen molar-refractivity contribution < 1.29 is 22.9 Å². The van der Waals surface area contributed by atoms with Crippen LogP contribution in [0.2, 0.25) is 0 Å². The molecule has 0 heterocycles. The van der Waals surface area contributed by atoms with E-state index in [1.165, 1.54) is 154 Å². The third kappa shape index (κ3) is 34.5. The second kappa shape index (κ2) is 33.2. The smallest absolute Gasteiger partial charge is 0.266 e. The number of hydrogen-bond acceptors (Lipinski definition) is 4. The van der Waals surface area contributed by atoms with Gasteiger partial charge in [0.05, 0.1) is 17.9 Å². The molecule has 45 heavy (non-hydrogen) atoms. The summed E-state index contributed by atoms with van der Waals surface area (Å²) < 4.78 is 32.4. The standard InChI is InChI=1S/C38H77NO5S/c1-3-5-7-9-11-13-15-16-17-18-19-20-21-22-24-26-28-30-32-34-38(41)39-36(35-45(42,43)44)37(40)33-31-29-27-25-23-14-12-10-8-6-4-2/h36-37,40H,3-35H2,1-2H3,(H,39,41)(H,42,43,44). The number of aliphatic hydroxyl groups is 1. The molecule has 0 aromatic heterocycles. The first kappa shape index (κ1) is 44.3. The lowest BCUT2D eigenvalue weighted by atomic mass is 10.0. The van der Waals surface area contributed by atoms with E-state index in [1.54, 1.807) is 0 Å². The van der Waals surface area contributed by atoms with Gasteiger partial charge in [-0.1, -0.05) is 200 Å². The van der Waals surface area contributed by atoms with Crippen molar-refractivity contribution >= 4 is 16.0 Å². The molecule has 2 atom stereocenters. The summed E-state index contributed by atoms with van der Waals surface area (Å²) in [5, 5.41) is 13.3. The Morgan fingerprint density at radius 3 is 1.11 bits per heavy atom. The minimum Gasteiger partial charge on any atom is -0.391 e. The zero-order valence-electron chi connectivity index (χ0n) is 30.0. The van der Waals surface area contributed by atoms with Gasteiger partial charge in [0.2, 0.25) is 5.91 Å². The molecule has 0 aromatic rings. The number of hydrogen-bond donors (Lipinski definition) is 3. The SMILES string of the molecule is CCCCCCCCCCCCCCCCCCCCCC(=O)NC(CS(=O)(=O)O)C(O)CCCCCCCCCCCCC. The first-order valence-electron chi connectivity index (χ1n) is 19.7. The van der Waals surface area contributed by atoms with Crippen molar-refractivity contribution in [1.29, 1.82) is 0 Å². The van der Waals surface area contributed by atoms with Crippen LogP contribution in [-0.4, -0.2) is 41.9 Å². The van der Waals surface area contributed by atoms with Gasteiger partial charge in [-0.05, 0) is 12.8 Å². The van der Waals surface area contributed by atoms with Gasteiger partial charge in [-0.2, -0.15) is 8.42 Å². The topological polar surface area (TPSA) is 104 Å². The molecule has 0 fully saturated rings. The summed E-state index contributed by atoms with van der Waals surface area (Å²) in [6.45, 7) is 4.51. The summed E-state index contributed by atoms with van der Waals surface area (Å²) in [6, 6.07) is -0.962. The van der Waals surface area contributed by atoms with Gasteiger partial charge in [-0.15, -0.1) is 0 Å². The van der Waals surface area contributed by atoms with Crippen molar-refractivity contribution in [3.63, 3.8) is 0 Å². The third-order valence-electron chi connectivity index (χ3n) is 9.31. The summed E-state index contributed by atoms with van der Waals surface area (Å²) in [7, 11) is -4.30. The lowest BCUT2D eigenvalue weighted by molar-refractivity contribution is -0.122. The van der Waals surface area contributed by atoms with E-state index in [4.69, 9.17) is 0 Å². The van der Waals surface area contributed by atoms with Crippen LogP contribution in [0.1, 0.15) is 219 Å². The molecule has 0 aromatic carbocycles. The average Bonchev–Trinajstić information content (AvgIpc) is 3.00. The zero-order valence-corrected chi connectivity index (χ0v) is 30.8. The number of rotatable bonds is 36. The number of aliphatic hydroxyl groups excluding tert-OH is 1. The zero-order chi connectivity index (χ0) is 33.3. The van der Waals surface area contributed by atoms with E-state index in [0.29, 0.717) is 12.8 Å². The Morgan fingerprint density at radius 1 is 0.511 bits per heavy atom. The quantitative estimate of drug-likeness (QED) is 0.0458. The highest BCUT2D eigenvalue weighted by Gasteiger charge is 2.26. The highest BCUT2D eigenvalue weighted by Crippen LogP contribution is 2.16. The fourth-order valence-corrected chi connectivity index (χ4v) is 7.10. The van der Waals surface area contributed by atoms with E-state index in [1.807, 2.05) is 0 Å². The van der Waals surface area contributed by atoms with Crippen LogP contribution in [0.3, 0.4) is 0 Å². The molecule has 0 rings (SSSR count). The fourth-order valence-electron chi connectivity index (χ4n) is 6.34. The first-order chi connectivity index (χ1) is 21.8. The lowest BCUT2D eigenvalue weighted by Crippen LogP contribution is -2.47. The molecule has 0 spiro atoms. The summed E-state index contributed by atoms with van der Waals surface area (Å²) in [6.07, 6.45) is 37.7. The Labute approximate surface area is 280 Å². The van der Waals surface area contributed by atoms with E-state index in [2.05, 4.69) is 19.2 Å². The molecule has 0 bridgehead atoms. The molecule has 0 aliphatic carbocycles. The summed E-state index contributed by atoms with van der Waals surface area (Å²) in [5.74, 6) is -0.884. The van der Waals surface area contributed by atoms with E-state index in [-0.39, 0.29) is 5.91 Å². The predicted molar refractivity (Wildman–Crippen MR) is 193 cm³/mol. The first-order valence-corrected chi connectivity index (χ1v) is 21.3. The number of unbranched alkanes of at least 4 members (excludes halogenated alkanes) is 28. The van der Waals surface area contributed by atoms with Crippen LogP contribution in [-0.2, 0) is 14.9 Å². The molecule has 0 saturated heterocycles. The van der Waals surface area contributed by atoms with Gasteiger partial charge in [-0.3, -0.25) is 9.35 Å². The van der Waals surface area contributed by atoms with Gasteiger partial charge in [0, 0.05) is 6.42 Å². The highest BCUT2D eigenvalue weighted by atomic mass is 32.2. The lowest BCUT2D eigenvalue weighted by Gasteiger charge is -2.23. The molecule has 6 nitrogen and oxygen atoms in total. The fraction of sp³-hybridized carbons (Fsp3) is 0.974. The number of carbonyl (C=O) groups excluding carboxylic acids is 1. The van der Waals surface area contributed by atoms with E-state index < -0.39 is 28.0 Å². The molecular formula is C38H77NO5S. The Kier molecular flexibility index (Phi) is 32.8. The second-order valence-electron chi connectivity index (χ2n) is 13.9. The van der Waals surface area contributed by atoms with E-state index in [9.17, 15) is 22.9 Å². The molecule has 2 unspecified atom stereocenters. The average molecular weight is 660 g/mol. The minimum absolute atomic E-state index is 0.242. The van der Waals surface area contributed by atoms with Crippen molar-refractivity contribution in [3.05, 3.63) is 0 Å². The minimum atomic E-state index is -4.30. The van der Waals surface area contributed by atoms with Crippen molar-refractivity contribution in [2.45, 2.75) is 231 Å². The van der Waals surface area contributed by atoms with Crippen LogP contribution < -0.4 is 5.32 Å². The Hall–Kier alpha value is -0.660. The van der Waals surface area contributed by atoms with Gasteiger partial charge in [0.1, 0.15) is 0 Å². The van der Waals surface area contributed by atoms with Gasteiger partial charge >= 0.3 is 0 Å². The Bertz CT molecular complexity index is 730. The summed E-state index contributed by atoms with van der Waals surface area (Å²) in [4.78, 5) is 12.5. The molecule has 1 amide bonds. The third-order valence-corrected chi connectivity index (χ3v) is 10.1. The maximum absolute atomic E-state index is 12.5. The molecular weight excluding hydrogens is 582 g/mol. The van der Waals surface area contributed by atoms with Crippen LogP contribution in [0.5, 0.6) is 0 Å². The Balaban J connectivity index is 3.79. The van der Waals surface area contributed by atoms with Crippen molar-refractivity contribution in [2.24, 2.45) is 0 Å². The normalized spacial score (nSPS) is 13.2. The highest BCUT2D eigenvalue weighted by molar-refractivity contribution is 7.85. The van der Waals surface area contributed by atoms with Crippen LogP contribution in [0.15, 0.2) is 0 Å². The maximum atomic E-state index is 12.5. The second-order valence-corrected chi connectivity index (χ2v) is 15.4. The molecule has 0 saturated carbocycles. The largest absolute Gasteiger partial charge is 0.391 e. The maximum Gasteiger partial charge on any atom is 0.266 e. The molecule has 3 N–H and O–H groups in total. The number of nitrogens with one attached hydrogen (secondary N) is 1. The Morgan fingerprint density at radius 2 is 0.800 bits per heavy atom. The number of amides is 1. The van der Waals surface area contributed by atoms with Gasteiger partial charge in [0.25, 0.3) is 10.1 Å². The van der Waals surface area contributed by atoms with Crippen molar-refractivity contribution in [1.82, 2.24) is 5.32 Å². The van der Waals surface area contributed by atoms with Crippen LogP contribution in [0, 0.1) is 0 Å². The molecule has 0 aliphatic rings. The van der Waals surface area contributed by atoms with Crippen LogP contribution >= 0.6 is 0 Å². The summed E-state index contributed by atoms with van der Waals surface area (Å²) >= 11 is 0. The van der Waals surface area contributed by atoms with E-state index in [0.717, 1.165) is 38.5 Å². The van der Waals surface area contributed by atoms with E-state index >= 15 is 0 Å². The van der Waals surface area contributed by atoms with Crippen molar-refractivity contribution in [3.8, 4) is 0 Å². The molecule has 270 valence electrons. The molecule has 0 aliphatic heterocycles. The predicted octanol–water partition coefficient (Wildman–Crippen LogP) is 11.2. The van der Waals surface area contributed by atoms with Crippen molar-refractivity contribution in [2.75, 3.05) is 5.75 Å². The molecule has 7 heteroatoms. The van der Waals surface area contributed by atoms with Crippen LogP contribution in [0.4, 0.5) is 0 Å². The number of carbonyl (C=O) groups is 1. The van der Waals surface area contributed by atoms with Gasteiger partial charge in [0.15, 0.2) is 0 Å². The monoisotopic (exact) mass is 660 g/mol. The summed E-state index contributed by atoms with van der Waals surface area (Å²) in [5.41, 5.74) is 0.